The fraction of sp³-hybridized carbons (Fsp3) is 0.571. The quantitative estimate of drug-likeness (QED) is 0.705. The van der Waals surface area contributed by atoms with Crippen molar-refractivity contribution in [3.63, 3.8) is 0 Å². The zero-order valence-electron chi connectivity index (χ0n) is 11.7. The molecule has 0 saturated carbocycles. The Morgan fingerprint density at radius 3 is 2.58 bits per heavy atom. The predicted molar refractivity (Wildman–Crippen MR) is 74.6 cm³/mol. The Kier molecular flexibility index (Phi) is 5.76. The van der Waals surface area contributed by atoms with Gasteiger partial charge in [0.05, 0.1) is 5.56 Å². The zero-order chi connectivity index (χ0) is 14.4. The lowest BCUT2D eigenvalue weighted by atomic mass is 10.1. The van der Waals surface area contributed by atoms with Crippen LogP contribution in [0.4, 0.5) is 5.82 Å². The molecule has 5 heteroatoms. The van der Waals surface area contributed by atoms with Crippen LogP contribution in [0, 0.1) is 5.92 Å². The van der Waals surface area contributed by atoms with Crippen molar-refractivity contribution in [2.24, 2.45) is 5.92 Å². The van der Waals surface area contributed by atoms with Gasteiger partial charge in [-0.1, -0.05) is 20.8 Å². The molecule has 1 unspecified atom stereocenters. The monoisotopic (exact) mass is 266 g/mol. The summed E-state index contributed by atoms with van der Waals surface area (Å²) in [6, 6.07) is 3.15. The van der Waals surface area contributed by atoms with Crippen LogP contribution in [0.3, 0.4) is 0 Å². The number of carboxylic acid groups (broad SMARTS) is 1. The second kappa shape index (κ2) is 7.09. The highest BCUT2D eigenvalue weighted by Crippen LogP contribution is 2.18. The van der Waals surface area contributed by atoms with Crippen LogP contribution in [-0.2, 0) is 0 Å². The summed E-state index contributed by atoms with van der Waals surface area (Å²) in [5, 5.41) is 21.1. The fourth-order valence-corrected chi connectivity index (χ4v) is 1.66. The molecule has 0 fully saturated rings. The maximum absolute atomic E-state index is 11.1. The summed E-state index contributed by atoms with van der Waals surface area (Å²) in [6.07, 6.45) is 0.711. The first kappa shape index (κ1) is 15.4. The Hall–Kier alpha value is -1.62. The van der Waals surface area contributed by atoms with Gasteiger partial charge in [-0.2, -0.15) is 0 Å². The molecule has 0 radical (unpaired) electrons. The molecule has 3 N–H and O–H groups in total. The molecule has 1 aromatic rings. The van der Waals surface area contributed by atoms with E-state index in [4.69, 9.17) is 10.2 Å². The number of carboxylic acids is 1. The van der Waals surface area contributed by atoms with Crippen molar-refractivity contribution in [3.8, 4) is 0 Å². The SMILES string of the molecule is CC(CCO)CNc1cc(C(=O)O)cc(C(C)C)n1. The van der Waals surface area contributed by atoms with Gasteiger partial charge in [-0.3, -0.25) is 0 Å². The maximum atomic E-state index is 11.1. The van der Waals surface area contributed by atoms with Crippen LogP contribution in [0.25, 0.3) is 0 Å². The Morgan fingerprint density at radius 1 is 1.37 bits per heavy atom. The third-order valence-corrected chi connectivity index (χ3v) is 2.94. The summed E-state index contributed by atoms with van der Waals surface area (Å²) in [4.78, 5) is 15.5. The summed E-state index contributed by atoms with van der Waals surface area (Å²) < 4.78 is 0. The Morgan fingerprint density at radius 2 is 2.05 bits per heavy atom. The summed E-state index contributed by atoms with van der Waals surface area (Å²) in [5.41, 5.74) is 1.01. The first-order valence-corrected chi connectivity index (χ1v) is 6.54. The predicted octanol–water partition coefficient (Wildman–Crippen LogP) is 2.33. The summed E-state index contributed by atoms with van der Waals surface area (Å²) in [7, 11) is 0. The smallest absolute Gasteiger partial charge is 0.335 e. The molecule has 0 spiro atoms. The van der Waals surface area contributed by atoms with Crippen LogP contribution >= 0.6 is 0 Å². The molecular formula is C14H22N2O3. The second-order valence-electron chi connectivity index (χ2n) is 5.12. The molecule has 106 valence electrons. The molecule has 1 heterocycles. The largest absolute Gasteiger partial charge is 0.478 e. The number of aliphatic hydroxyl groups is 1. The van der Waals surface area contributed by atoms with Gasteiger partial charge in [0.1, 0.15) is 5.82 Å². The summed E-state index contributed by atoms with van der Waals surface area (Å²) in [5.74, 6) is 0.113. The number of aromatic carboxylic acids is 1. The lowest BCUT2D eigenvalue weighted by Crippen LogP contribution is -2.14. The number of nitrogens with zero attached hydrogens (tertiary/aromatic N) is 1. The van der Waals surface area contributed by atoms with Crippen molar-refractivity contribution in [2.45, 2.75) is 33.1 Å². The van der Waals surface area contributed by atoms with E-state index in [2.05, 4.69) is 10.3 Å². The number of pyridine rings is 1. The number of rotatable bonds is 7. The molecule has 0 saturated heterocycles. The van der Waals surface area contributed by atoms with E-state index in [0.29, 0.717) is 24.7 Å². The minimum absolute atomic E-state index is 0.155. The number of aromatic nitrogens is 1. The molecule has 5 nitrogen and oxygen atoms in total. The van der Waals surface area contributed by atoms with Gasteiger partial charge in [0.2, 0.25) is 0 Å². The molecule has 1 aromatic heterocycles. The molecule has 0 aromatic carbocycles. The van der Waals surface area contributed by atoms with Crippen LogP contribution in [0.2, 0.25) is 0 Å². The van der Waals surface area contributed by atoms with Crippen LogP contribution < -0.4 is 5.32 Å². The fourth-order valence-electron chi connectivity index (χ4n) is 1.66. The van der Waals surface area contributed by atoms with E-state index in [0.717, 1.165) is 5.69 Å². The van der Waals surface area contributed by atoms with Gasteiger partial charge in [0.15, 0.2) is 0 Å². The molecule has 19 heavy (non-hydrogen) atoms. The van der Waals surface area contributed by atoms with Crippen LogP contribution in [0.15, 0.2) is 12.1 Å². The first-order valence-electron chi connectivity index (χ1n) is 6.54. The van der Waals surface area contributed by atoms with Crippen LogP contribution in [0.5, 0.6) is 0 Å². The number of anilines is 1. The van der Waals surface area contributed by atoms with E-state index in [-0.39, 0.29) is 18.1 Å². The maximum Gasteiger partial charge on any atom is 0.335 e. The van der Waals surface area contributed by atoms with Crippen molar-refractivity contribution in [1.82, 2.24) is 4.98 Å². The highest BCUT2D eigenvalue weighted by atomic mass is 16.4. The summed E-state index contributed by atoms with van der Waals surface area (Å²) in [6.45, 7) is 6.79. The highest BCUT2D eigenvalue weighted by Gasteiger charge is 2.11. The van der Waals surface area contributed by atoms with E-state index in [1.165, 1.54) is 0 Å². The van der Waals surface area contributed by atoms with E-state index < -0.39 is 5.97 Å². The number of hydrogen-bond donors (Lipinski definition) is 3. The molecule has 1 atom stereocenters. The molecule has 0 aliphatic rings. The number of carbonyl (C=O) groups is 1. The van der Waals surface area contributed by atoms with Gasteiger partial charge in [0.25, 0.3) is 0 Å². The average Bonchev–Trinajstić information content (AvgIpc) is 2.36. The van der Waals surface area contributed by atoms with Crippen molar-refractivity contribution in [3.05, 3.63) is 23.4 Å². The van der Waals surface area contributed by atoms with Gasteiger partial charge in [-0.05, 0) is 30.4 Å². The Labute approximate surface area is 113 Å². The normalized spacial score (nSPS) is 12.5. The van der Waals surface area contributed by atoms with Crippen molar-refractivity contribution < 1.29 is 15.0 Å². The lowest BCUT2D eigenvalue weighted by molar-refractivity contribution is 0.0696. The van der Waals surface area contributed by atoms with E-state index >= 15 is 0 Å². The van der Waals surface area contributed by atoms with Gasteiger partial charge in [-0.25, -0.2) is 9.78 Å². The Bertz CT molecular complexity index is 433. The summed E-state index contributed by atoms with van der Waals surface area (Å²) >= 11 is 0. The van der Waals surface area contributed by atoms with Crippen molar-refractivity contribution >= 4 is 11.8 Å². The first-order chi connectivity index (χ1) is 8.93. The molecular weight excluding hydrogens is 244 g/mol. The third kappa shape index (κ3) is 4.87. The van der Waals surface area contributed by atoms with Gasteiger partial charge < -0.3 is 15.5 Å². The van der Waals surface area contributed by atoms with E-state index in [1.807, 2.05) is 20.8 Å². The molecule has 0 aliphatic carbocycles. The van der Waals surface area contributed by atoms with Crippen molar-refractivity contribution in [1.29, 1.82) is 0 Å². The van der Waals surface area contributed by atoms with Gasteiger partial charge in [-0.15, -0.1) is 0 Å². The van der Waals surface area contributed by atoms with Crippen molar-refractivity contribution in [2.75, 3.05) is 18.5 Å². The third-order valence-electron chi connectivity index (χ3n) is 2.94. The average molecular weight is 266 g/mol. The standard InChI is InChI=1S/C14H22N2O3/c1-9(2)12-6-11(14(18)19)7-13(16-12)15-8-10(3)4-5-17/h6-7,9-10,17H,4-5,8H2,1-3H3,(H,15,16)(H,18,19). The number of aliphatic hydroxyl groups excluding tert-OH is 1. The minimum atomic E-state index is -0.948. The second-order valence-corrected chi connectivity index (χ2v) is 5.12. The zero-order valence-corrected chi connectivity index (χ0v) is 11.7. The van der Waals surface area contributed by atoms with Gasteiger partial charge >= 0.3 is 5.97 Å². The topological polar surface area (TPSA) is 82.5 Å². The number of hydrogen-bond acceptors (Lipinski definition) is 4. The minimum Gasteiger partial charge on any atom is -0.478 e. The lowest BCUT2D eigenvalue weighted by Gasteiger charge is -2.14. The van der Waals surface area contributed by atoms with E-state index in [1.54, 1.807) is 12.1 Å². The van der Waals surface area contributed by atoms with E-state index in [9.17, 15) is 4.79 Å². The Balaban J connectivity index is 2.84. The highest BCUT2D eigenvalue weighted by molar-refractivity contribution is 5.88. The molecule has 1 rings (SSSR count). The number of nitrogens with one attached hydrogen (secondary N) is 1. The molecule has 0 bridgehead atoms. The molecule has 0 amide bonds. The molecule has 0 aliphatic heterocycles. The van der Waals surface area contributed by atoms with Gasteiger partial charge in [0, 0.05) is 18.8 Å². The van der Waals surface area contributed by atoms with Crippen LogP contribution in [-0.4, -0.2) is 34.3 Å². The van der Waals surface area contributed by atoms with Crippen LogP contribution in [0.1, 0.15) is 49.2 Å².